The lowest BCUT2D eigenvalue weighted by atomic mass is 10.1. The molecule has 0 aliphatic rings. The molecule has 0 atom stereocenters. The number of nitrogens with one attached hydrogen (secondary N) is 1. The van der Waals surface area contributed by atoms with Crippen molar-refractivity contribution in [2.75, 3.05) is 40.9 Å². The average Bonchev–Trinajstić information content (AvgIpc) is 2.83. The van der Waals surface area contributed by atoms with Crippen molar-refractivity contribution in [2.45, 2.75) is 13.3 Å². The first kappa shape index (κ1) is 16.5. The van der Waals surface area contributed by atoms with E-state index >= 15 is 0 Å². The molecule has 22 heavy (non-hydrogen) atoms. The molecule has 0 saturated carbocycles. The van der Waals surface area contributed by atoms with Gasteiger partial charge in [0.1, 0.15) is 0 Å². The van der Waals surface area contributed by atoms with Gasteiger partial charge in [0.05, 0.1) is 12.1 Å². The molecule has 0 fully saturated rings. The summed E-state index contributed by atoms with van der Waals surface area (Å²) in [5.41, 5.74) is 3.36. The van der Waals surface area contributed by atoms with Crippen molar-refractivity contribution < 1.29 is 9.53 Å². The zero-order valence-electron chi connectivity index (χ0n) is 13.8. The number of carbonyl (C=O) groups excluding carboxylic acids is 1. The predicted octanol–water partition coefficient (Wildman–Crippen LogP) is 2.26. The van der Waals surface area contributed by atoms with Crippen molar-refractivity contribution in [1.29, 1.82) is 0 Å². The molecule has 0 spiro atoms. The van der Waals surface area contributed by atoms with Crippen molar-refractivity contribution in [2.24, 2.45) is 0 Å². The number of methoxy groups -OCH3 is 1. The van der Waals surface area contributed by atoms with Gasteiger partial charge in [-0.3, -0.25) is 4.57 Å². The lowest BCUT2D eigenvalue weighted by molar-refractivity contribution is 0.196. The van der Waals surface area contributed by atoms with Crippen LogP contribution in [0.4, 0.5) is 4.79 Å². The van der Waals surface area contributed by atoms with E-state index in [9.17, 15) is 4.79 Å². The molecule has 0 radical (unpaired) electrons. The van der Waals surface area contributed by atoms with Crippen LogP contribution >= 0.6 is 0 Å². The fourth-order valence-electron chi connectivity index (χ4n) is 2.47. The largest absolute Gasteiger partial charge is 0.383 e. The molecule has 1 aromatic carbocycles. The number of likely N-dealkylation sites (N-methyl/N-ethyl adjacent to an activating group) is 1. The summed E-state index contributed by atoms with van der Waals surface area (Å²) in [5, 5.41) is 4.03. The second-order valence-corrected chi connectivity index (χ2v) is 5.82. The van der Waals surface area contributed by atoms with Crippen LogP contribution in [-0.2, 0) is 11.2 Å². The Bertz CT molecular complexity index is 647. The summed E-state index contributed by atoms with van der Waals surface area (Å²) in [5.74, 6) is 0. The number of hydrogen-bond donors (Lipinski definition) is 1. The van der Waals surface area contributed by atoms with Crippen LogP contribution < -0.4 is 5.32 Å². The molecule has 1 aromatic heterocycles. The molecule has 0 aliphatic heterocycles. The van der Waals surface area contributed by atoms with Crippen LogP contribution in [0.15, 0.2) is 24.4 Å². The topological polar surface area (TPSA) is 46.5 Å². The lowest BCUT2D eigenvalue weighted by Crippen LogP contribution is -2.30. The third kappa shape index (κ3) is 3.87. The number of fused-ring (bicyclic) bond motifs is 1. The normalized spacial score (nSPS) is 11.3. The zero-order chi connectivity index (χ0) is 16.1. The highest BCUT2D eigenvalue weighted by molar-refractivity contribution is 5.94. The highest BCUT2D eigenvalue weighted by atomic mass is 16.5. The summed E-state index contributed by atoms with van der Waals surface area (Å²) in [6.45, 7) is 4.05. The monoisotopic (exact) mass is 303 g/mol. The number of amides is 1. The maximum atomic E-state index is 12.4. The quantitative estimate of drug-likeness (QED) is 0.833. The number of ether oxygens (including phenoxy) is 1. The van der Waals surface area contributed by atoms with E-state index in [1.165, 1.54) is 11.1 Å². The molecule has 1 amide bonds. The molecule has 0 saturated heterocycles. The standard InChI is InChI=1S/C17H25N3O2/c1-13-5-6-16-15(11-13)14(7-9-19(2)3)12-20(16)17(21)18-8-10-22-4/h5-6,11-12H,7-10H2,1-4H3,(H,18,21). The van der Waals surface area contributed by atoms with Gasteiger partial charge < -0.3 is 15.0 Å². The van der Waals surface area contributed by atoms with E-state index < -0.39 is 0 Å². The van der Waals surface area contributed by atoms with Crippen LogP contribution in [-0.4, -0.2) is 56.4 Å². The summed E-state index contributed by atoms with van der Waals surface area (Å²) in [6, 6.07) is 6.10. The minimum absolute atomic E-state index is 0.109. The maximum Gasteiger partial charge on any atom is 0.326 e. The lowest BCUT2D eigenvalue weighted by Gasteiger charge is -2.08. The Morgan fingerprint density at radius 1 is 1.36 bits per heavy atom. The number of rotatable bonds is 6. The molecule has 1 N–H and O–H groups in total. The van der Waals surface area contributed by atoms with Crippen LogP contribution in [0.1, 0.15) is 11.1 Å². The van der Waals surface area contributed by atoms with E-state index in [4.69, 9.17) is 4.74 Å². The highest BCUT2D eigenvalue weighted by Crippen LogP contribution is 2.23. The molecule has 0 bridgehead atoms. The Labute approximate surface area is 131 Å². The number of aromatic nitrogens is 1. The minimum Gasteiger partial charge on any atom is -0.383 e. The number of hydrogen-bond acceptors (Lipinski definition) is 3. The van der Waals surface area contributed by atoms with E-state index in [1.54, 1.807) is 11.7 Å². The molecule has 5 heteroatoms. The minimum atomic E-state index is -0.109. The number of carbonyl (C=O) groups is 1. The summed E-state index contributed by atoms with van der Waals surface area (Å²) in [4.78, 5) is 14.5. The van der Waals surface area contributed by atoms with Gasteiger partial charge in [0.15, 0.2) is 0 Å². The smallest absolute Gasteiger partial charge is 0.326 e. The van der Waals surface area contributed by atoms with Crippen molar-refractivity contribution in [3.63, 3.8) is 0 Å². The van der Waals surface area contributed by atoms with Crippen LogP contribution in [0.3, 0.4) is 0 Å². The first-order valence-electron chi connectivity index (χ1n) is 7.55. The van der Waals surface area contributed by atoms with E-state index in [1.807, 2.05) is 18.3 Å². The van der Waals surface area contributed by atoms with Gasteiger partial charge >= 0.3 is 6.03 Å². The Morgan fingerprint density at radius 3 is 2.82 bits per heavy atom. The van der Waals surface area contributed by atoms with Crippen molar-refractivity contribution >= 4 is 16.9 Å². The Hall–Kier alpha value is -1.85. The molecule has 5 nitrogen and oxygen atoms in total. The van der Waals surface area contributed by atoms with Crippen molar-refractivity contribution in [3.8, 4) is 0 Å². The molecule has 2 rings (SSSR count). The van der Waals surface area contributed by atoms with Crippen LogP contribution in [0.25, 0.3) is 10.9 Å². The SMILES string of the molecule is COCCNC(=O)n1cc(CCN(C)C)c2cc(C)ccc21. The third-order valence-electron chi connectivity index (χ3n) is 3.67. The highest BCUT2D eigenvalue weighted by Gasteiger charge is 2.13. The van der Waals surface area contributed by atoms with E-state index in [0.29, 0.717) is 13.2 Å². The van der Waals surface area contributed by atoms with Gasteiger partial charge in [0, 0.05) is 31.8 Å². The Balaban J connectivity index is 2.31. The fraction of sp³-hybridized carbons (Fsp3) is 0.471. The molecule has 1 heterocycles. The summed E-state index contributed by atoms with van der Waals surface area (Å²) >= 11 is 0. The van der Waals surface area contributed by atoms with E-state index in [0.717, 1.165) is 23.9 Å². The van der Waals surface area contributed by atoms with Gasteiger partial charge in [0.2, 0.25) is 0 Å². The van der Waals surface area contributed by atoms with Gasteiger partial charge in [-0.2, -0.15) is 0 Å². The van der Waals surface area contributed by atoms with E-state index in [-0.39, 0.29) is 6.03 Å². The predicted molar refractivity (Wildman–Crippen MR) is 89.6 cm³/mol. The number of aryl methyl sites for hydroxylation is 1. The second kappa shape index (κ2) is 7.42. The second-order valence-electron chi connectivity index (χ2n) is 5.82. The fourth-order valence-corrected chi connectivity index (χ4v) is 2.47. The number of benzene rings is 1. The first-order chi connectivity index (χ1) is 10.5. The Morgan fingerprint density at radius 2 is 2.14 bits per heavy atom. The van der Waals surface area contributed by atoms with Gasteiger partial charge in [-0.1, -0.05) is 11.6 Å². The summed E-state index contributed by atoms with van der Waals surface area (Å²) in [6.07, 6.45) is 2.88. The van der Waals surface area contributed by atoms with Gasteiger partial charge in [-0.15, -0.1) is 0 Å². The Kier molecular flexibility index (Phi) is 5.57. The van der Waals surface area contributed by atoms with Crippen LogP contribution in [0, 0.1) is 6.92 Å². The van der Waals surface area contributed by atoms with Crippen molar-refractivity contribution in [1.82, 2.24) is 14.8 Å². The van der Waals surface area contributed by atoms with Crippen LogP contribution in [0.5, 0.6) is 0 Å². The van der Waals surface area contributed by atoms with Gasteiger partial charge in [-0.25, -0.2) is 4.79 Å². The molecular formula is C17H25N3O2. The van der Waals surface area contributed by atoms with Crippen LogP contribution in [0.2, 0.25) is 0 Å². The molecule has 0 aliphatic carbocycles. The zero-order valence-corrected chi connectivity index (χ0v) is 13.8. The van der Waals surface area contributed by atoms with E-state index in [2.05, 4.69) is 37.3 Å². The third-order valence-corrected chi connectivity index (χ3v) is 3.67. The molecular weight excluding hydrogens is 278 g/mol. The summed E-state index contributed by atoms with van der Waals surface area (Å²) in [7, 11) is 5.74. The summed E-state index contributed by atoms with van der Waals surface area (Å²) < 4.78 is 6.68. The van der Waals surface area contributed by atoms with Gasteiger partial charge in [0.25, 0.3) is 0 Å². The average molecular weight is 303 g/mol. The van der Waals surface area contributed by atoms with Gasteiger partial charge in [-0.05, 0) is 45.1 Å². The molecule has 0 unspecified atom stereocenters. The number of nitrogens with zero attached hydrogens (tertiary/aromatic N) is 2. The molecule has 2 aromatic rings. The maximum absolute atomic E-state index is 12.4. The molecule has 120 valence electrons. The first-order valence-corrected chi connectivity index (χ1v) is 7.55. The van der Waals surface area contributed by atoms with Crippen molar-refractivity contribution in [3.05, 3.63) is 35.5 Å².